The minimum atomic E-state index is 0.390. The van der Waals surface area contributed by atoms with E-state index in [4.69, 9.17) is 11.6 Å². The first kappa shape index (κ1) is 11.1. The maximum Gasteiger partial charge on any atom is 0.181 e. The molecule has 4 nitrogen and oxygen atoms in total. The standard InChI is InChI=1S/C7H5ClN4S3/c1-13-6-11-12-7(15-6)14-5-3-2-4(8)9-10-5/h2-3H,1H3. The van der Waals surface area contributed by atoms with Gasteiger partial charge in [-0.2, -0.15) is 0 Å². The van der Waals surface area contributed by atoms with Crippen molar-refractivity contribution in [2.24, 2.45) is 0 Å². The third-order valence-corrected chi connectivity index (χ3v) is 4.44. The van der Waals surface area contributed by atoms with Crippen LogP contribution in [0.2, 0.25) is 5.15 Å². The molecule has 0 spiro atoms. The van der Waals surface area contributed by atoms with Gasteiger partial charge >= 0.3 is 0 Å². The van der Waals surface area contributed by atoms with Gasteiger partial charge in [0.2, 0.25) is 0 Å². The Balaban J connectivity index is 2.11. The maximum absolute atomic E-state index is 5.63. The van der Waals surface area contributed by atoms with E-state index in [0.29, 0.717) is 5.15 Å². The van der Waals surface area contributed by atoms with Crippen LogP contribution in [0.1, 0.15) is 0 Å². The van der Waals surface area contributed by atoms with Gasteiger partial charge in [0.1, 0.15) is 5.03 Å². The van der Waals surface area contributed by atoms with E-state index in [1.165, 1.54) is 23.1 Å². The van der Waals surface area contributed by atoms with Gasteiger partial charge in [-0.25, -0.2) is 0 Å². The molecule has 8 heteroatoms. The molecular formula is C7H5ClN4S3. The van der Waals surface area contributed by atoms with Crippen molar-refractivity contribution in [3.05, 3.63) is 17.3 Å². The van der Waals surface area contributed by atoms with Gasteiger partial charge in [0.15, 0.2) is 13.8 Å². The molecular weight excluding hydrogens is 272 g/mol. The van der Waals surface area contributed by atoms with E-state index in [1.807, 2.05) is 6.26 Å². The minimum Gasteiger partial charge on any atom is -0.142 e. The molecule has 0 amide bonds. The zero-order valence-electron chi connectivity index (χ0n) is 7.55. The Labute approximate surface area is 104 Å². The van der Waals surface area contributed by atoms with Crippen LogP contribution in [0.25, 0.3) is 0 Å². The minimum absolute atomic E-state index is 0.390. The molecule has 0 N–H and O–H groups in total. The quantitative estimate of drug-likeness (QED) is 0.804. The van der Waals surface area contributed by atoms with Gasteiger partial charge in [-0.15, -0.1) is 20.4 Å². The van der Waals surface area contributed by atoms with Gasteiger partial charge in [-0.3, -0.25) is 0 Å². The molecule has 15 heavy (non-hydrogen) atoms. The fraction of sp³-hybridized carbons (Fsp3) is 0.143. The monoisotopic (exact) mass is 276 g/mol. The van der Waals surface area contributed by atoms with Crippen molar-refractivity contribution < 1.29 is 0 Å². The zero-order chi connectivity index (χ0) is 10.7. The Morgan fingerprint density at radius 1 is 1.13 bits per heavy atom. The van der Waals surface area contributed by atoms with Crippen molar-refractivity contribution in [1.29, 1.82) is 0 Å². The molecule has 0 saturated heterocycles. The average Bonchev–Trinajstić information content (AvgIpc) is 2.69. The molecule has 0 radical (unpaired) electrons. The third kappa shape index (κ3) is 3.04. The first-order valence-corrected chi connectivity index (χ1v) is 7.06. The lowest BCUT2D eigenvalue weighted by atomic mass is 10.6. The van der Waals surface area contributed by atoms with Gasteiger partial charge in [0.25, 0.3) is 0 Å². The lowest BCUT2D eigenvalue weighted by Gasteiger charge is -1.93. The SMILES string of the molecule is CSc1nnc(Sc2ccc(Cl)nn2)s1. The molecule has 2 rings (SSSR count). The summed E-state index contributed by atoms with van der Waals surface area (Å²) >= 11 is 10.2. The fourth-order valence-corrected chi connectivity index (χ4v) is 3.17. The second-order valence-electron chi connectivity index (χ2n) is 2.33. The smallest absolute Gasteiger partial charge is 0.142 e. The van der Waals surface area contributed by atoms with Crippen molar-refractivity contribution in [1.82, 2.24) is 20.4 Å². The van der Waals surface area contributed by atoms with E-state index in [2.05, 4.69) is 20.4 Å². The molecule has 2 aromatic heterocycles. The highest BCUT2D eigenvalue weighted by Gasteiger charge is 2.06. The van der Waals surface area contributed by atoms with Gasteiger partial charge in [0, 0.05) is 0 Å². The van der Waals surface area contributed by atoms with E-state index in [0.717, 1.165) is 13.7 Å². The number of nitrogens with zero attached hydrogens (tertiary/aromatic N) is 4. The van der Waals surface area contributed by atoms with E-state index in [9.17, 15) is 0 Å². The van der Waals surface area contributed by atoms with Gasteiger partial charge in [-0.05, 0) is 30.2 Å². The summed E-state index contributed by atoms with van der Waals surface area (Å²) in [7, 11) is 0. The topological polar surface area (TPSA) is 51.6 Å². The maximum atomic E-state index is 5.63. The first-order valence-electron chi connectivity index (χ1n) is 3.82. The molecule has 0 aliphatic carbocycles. The molecule has 0 aliphatic rings. The van der Waals surface area contributed by atoms with Crippen LogP contribution in [0.5, 0.6) is 0 Å². The molecule has 0 atom stereocenters. The van der Waals surface area contributed by atoms with Crippen LogP contribution in [0.15, 0.2) is 25.8 Å². The number of rotatable bonds is 3. The number of hydrogen-bond donors (Lipinski definition) is 0. The molecule has 78 valence electrons. The highest BCUT2D eigenvalue weighted by Crippen LogP contribution is 2.31. The summed E-state index contributed by atoms with van der Waals surface area (Å²) in [5, 5.41) is 16.8. The zero-order valence-corrected chi connectivity index (χ0v) is 10.8. The second kappa shape index (κ2) is 5.11. The lowest BCUT2D eigenvalue weighted by molar-refractivity contribution is 0.920. The highest BCUT2D eigenvalue weighted by molar-refractivity contribution is 8.02. The van der Waals surface area contributed by atoms with E-state index in [1.54, 1.807) is 23.9 Å². The third-order valence-electron chi connectivity index (χ3n) is 1.36. The predicted octanol–water partition coefficient (Wildman–Crippen LogP) is 2.85. The summed E-state index contributed by atoms with van der Waals surface area (Å²) in [4.78, 5) is 0. The number of hydrogen-bond acceptors (Lipinski definition) is 7. The first-order chi connectivity index (χ1) is 7.28. The molecule has 0 fully saturated rings. The summed E-state index contributed by atoms with van der Waals surface area (Å²) < 4.78 is 1.80. The Morgan fingerprint density at radius 3 is 2.53 bits per heavy atom. The second-order valence-corrected chi connectivity index (χ2v) is 6.02. The Morgan fingerprint density at radius 2 is 1.93 bits per heavy atom. The summed E-state index contributed by atoms with van der Waals surface area (Å²) in [6.45, 7) is 0. The highest BCUT2D eigenvalue weighted by atomic mass is 35.5. The Hall–Kier alpha value is -0.370. The van der Waals surface area contributed by atoms with E-state index in [-0.39, 0.29) is 0 Å². The molecule has 0 saturated carbocycles. The van der Waals surface area contributed by atoms with Crippen LogP contribution in [0, 0.1) is 0 Å². The van der Waals surface area contributed by atoms with Crippen molar-refractivity contribution in [2.45, 2.75) is 13.7 Å². The van der Waals surface area contributed by atoms with E-state index >= 15 is 0 Å². The number of thioether (sulfide) groups is 1. The number of halogens is 1. The Kier molecular flexibility index (Phi) is 3.79. The normalized spacial score (nSPS) is 10.5. The molecule has 0 aliphatic heterocycles. The van der Waals surface area contributed by atoms with Crippen LogP contribution in [-0.4, -0.2) is 26.7 Å². The number of aromatic nitrogens is 4. The molecule has 0 unspecified atom stereocenters. The van der Waals surface area contributed by atoms with Crippen molar-refractivity contribution in [3.63, 3.8) is 0 Å². The van der Waals surface area contributed by atoms with Gasteiger partial charge in [-0.1, -0.05) is 34.7 Å². The van der Waals surface area contributed by atoms with Crippen molar-refractivity contribution >= 4 is 46.5 Å². The Bertz CT molecular complexity index is 444. The predicted molar refractivity (Wildman–Crippen MR) is 62.9 cm³/mol. The summed E-state index contributed by atoms with van der Waals surface area (Å²) in [6.07, 6.45) is 1.97. The average molecular weight is 277 g/mol. The largest absolute Gasteiger partial charge is 0.181 e. The lowest BCUT2D eigenvalue weighted by Crippen LogP contribution is -1.84. The molecule has 2 heterocycles. The fourth-order valence-electron chi connectivity index (χ4n) is 0.769. The van der Waals surface area contributed by atoms with Gasteiger partial charge < -0.3 is 0 Å². The summed E-state index contributed by atoms with van der Waals surface area (Å²) in [5.74, 6) is 0. The molecule has 0 bridgehead atoms. The van der Waals surface area contributed by atoms with Crippen LogP contribution < -0.4 is 0 Å². The van der Waals surface area contributed by atoms with Crippen LogP contribution in [-0.2, 0) is 0 Å². The summed E-state index contributed by atoms with van der Waals surface area (Å²) in [6, 6.07) is 3.51. The molecule has 2 aromatic rings. The van der Waals surface area contributed by atoms with Crippen LogP contribution in [0.3, 0.4) is 0 Å². The van der Waals surface area contributed by atoms with E-state index < -0.39 is 0 Å². The van der Waals surface area contributed by atoms with Gasteiger partial charge in [0.05, 0.1) is 0 Å². The molecule has 0 aromatic carbocycles. The van der Waals surface area contributed by atoms with Crippen LogP contribution in [0.4, 0.5) is 0 Å². The summed E-state index contributed by atoms with van der Waals surface area (Å²) in [5.41, 5.74) is 0. The van der Waals surface area contributed by atoms with Crippen LogP contribution >= 0.6 is 46.5 Å². The van der Waals surface area contributed by atoms with Crippen molar-refractivity contribution in [2.75, 3.05) is 6.26 Å². The van der Waals surface area contributed by atoms with Crippen molar-refractivity contribution in [3.8, 4) is 0 Å².